The molecule has 0 aliphatic rings. The first kappa shape index (κ1) is 25.6. The Balaban J connectivity index is 2.15. The number of amides is 1. The van der Waals surface area contributed by atoms with Crippen LogP contribution in [0, 0.1) is 12.3 Å². The van der Waals surface area contributed by atoms with Crippen molar-refractivity contribution in [2.45, 2.75) is 33.5 Å². The zero-order valence-corrected chi connectivity index (χ0v) is 19.8. The summed E-state index contributed by atoms with van der Waals surface area (Å²) in [7, 11) is 0. The Morgan fingerprint density at radius 2 is 1.71 bits per heavy atom. The Kier molecular flexibility index (Phi) is 7.63. The summed E-state index contributed by atoms with van der Waals surface area (Å²) in [5.41, 5.74) is -0.410. The number of halogens is 4. The van der Waals surface area contributed by atoms with E-state index in [1.807, 2.05) is 0 Å². The highest BCUT2D eigenvalue weighted by Crippen LogP contribution is 2.45. The van der Waals surface area contributed by atoms with Gasteiger partial charge in [-0.05, 0) is 35.7 Å². The van der Waals surface area contributed by atoms with Crippen molar-refractivity contribution >= 4 is 17.7 Å². The van der Waals surface area contributed by atoms with E-state index < -0.39 is 23.4 Å². The van der Waals surface area contributed by atoms with E-state index >= 15 is 0 Å². The molecule has 0 saturated heterocycles. The molecule has 2 N–H and O–H groups in total. The molecule has 0 fully saturated rings. The van der Waals surface area contributed by atoms with Gasteiger partial charge in [0, 0.05) is 29.2 Å². The minimum Gasteiger partial charge on any atom is -0.396 e. The minimum atomic E-state index is -4.70. The summed E-state index contributed by atoms with van der Waals surface area (Å²) in [4.78, 5) is 12.7. The molecule has 182 valence electrons. The normalized spacial score (nSPS) is 12.0. The van der Waals surface area contributed by atoms with Gasteiger partial charge in [0.1, 0.15) is 5.69 Å². The van der Waals surface area contributed by atoms with Gasteiger partial charge in [-0.1, -0.05) is 67.9 Å². The monoisotopic (exact) mass is 494 g/mol. The van der Waals surface area contributed by atoms with Crippen LogP contribution in [0.25, 0.3) is 11.1 Å². The number of nitrogens with zero attached hydrogens (tertiary/aromatic N) is 1. The molecule has 0 spiro atoms. The largest absolute Gasteiger partial charge is 0.431 e. The third kappa shape index (κ3) is 5.93. The molecule has 0 aliphatic heterocycles. The molecular formula is C25H26ClF3N2O3. The molecule has 9 heteroatoms. The highest BCUT2D eigenvalue weighted by Gasteiger charge is 2.41. The number of ether oxygens (including phenoxy) is 1. The molecule has 0 atom stereocenters. The number of aliphatic hydroxyl groups excluding tert-OH is 1. The number of carbonyl (C=O) groups excluding carboxylic acids is 1. The van der Waals surface area contributed by atoms with Crippen LogP contribution in [0.5, 0.6) is 5.88 Å². The summed E-state index contributed by atoms with van der Waals surface area (Å²) in [6, 6.07) is 14.9. The average molecular weight is 495 g/mol. The second-order valence-electron chi connectivity index (χ2n) is 8.80. The van der Waals surface area contributed by atoms with E-state index in [4.69, 9.17) is 16.3 Å². The van der Waals surface area contributed by atoms with E-state index in [1.165, 1.54) is 6.92 Å². The number of nitrogens with one attached hydrogen (secondary N) is 1. The third-order valence-electron chi connectivity index (χ3n) is 5.37. The highest BCUT2D eigenvalue weighted by atomic mass is 35.5. The molecule has 1 aromatic heterocycles. The van der Waals surface area contributed by atoms with Gasteiger partial charge in [0.15, 0.2) is 0 Å². The maximum atomic E-state index is 14.2. The number of hydrogen-bond acceptors (Lipinski definition) is 3. The Bertz CT molecular complexity index is 1140. The van der Waals surface area contributed by atoms with Crippen molar-refractivity contribution in [3.05, 3.63) is 76.4 Å². The van der Waals surface area contributed by atoms with Crippen molar-refractivity contribution in [2.75, 3.05) is 13.2 Å². The predicted molar refractivity (Wildman–Crippen MR) is 125 cm³/mol. The number of carbonyl (C=O) groups is 1. The summed E-state index contributed by atoms with van der Waals surface area (Å²) in [5.74, 6) is -0.227. The van der Waals surface area contributed by atoms with Crippen molar-refractivity contribution in [3.8, 4) is 17.0 Å². The molecule has 5 nitrogen and oxygen atoms in total. The Labute approximate surface area is 201 Å². The fraction of sp³-hybridized carbons (Fsp3) is 0.320. The van der Waals surface area contributed by atoms with E-state index in [9.17, 15) is 23.1 Å². The number of alkyl halides is 3. The fourth-order valence-electron chi connectivity index (χ4n) is 3.55. The maximum absolute atomic E-state index is 14.2. The van der Waals surface area contributed by atoms with Crippen LogP contribution in [0.3, 0.4) is 0 Å². The van der Waals surface area contributed by atoms with E-state index in [0.717, 1.165) is 4.57 Å². The highest BCUT2D eigenvalue weighted by molar-refractivity contribution is 6.30. The van der Waals surface area contributed by atoms with E-state index in [2.05, 4.69) is 5.32 Å². The molecule has 0 saturated carbocycles. The SMILES string of the molecule is Cc1c(-c2ccc(Cl)cc2)c(OC(=O)NCC(C)(C)CO)n(Cc2ccccc2)c1C(F)(F)F. The van der Waals surface area contributed by atoms with Gasteiger partial charge in [-0.15, -0.1) is 0 Å². The lowest BCUT2D eigenvalue weighted by Crippen LogP contribution is -2.38. The van der Waals surface area contributed by atoms with Crippen LogP contribution in [0.2, 0.25) is 5.02 Å². The Morgan fingerprint density at radius 3 is 2.26 bits per heavy atom. The fourth-order valence-corrected chi connectivity index (χ4v) is 3.68. The van der Waals surface area contributed by atoms with Crippen LogP contribution < -0.4 is 10.1 Å². The molecule has 1 heterocycles. The second kappa shape index (κ2) is 10.1. The van der Waals surface area contributed by atoms with Gasteiger partial charge < -0.3 is 19.7 Å². The molecule has 0 unspecified atom stereocenters. The van der Waals surface area contributed by atoms with Crippen molar-refractivity contribution in [1.82, 2.24) is 9.88 Å². The molecule has 34 heavy (non-hydrogen) atoms. The minimum absolute atomic E-state index is 0.0655. The summed E-state index contributed by atoms with van der Waals surface area (Å²) < 4.78 is 49.2. The molecule has 2 aromatic carbocycles. The van der Waals surface area contributed by atoms with Gasteiger partial charge in [-0.2, -0.15) is 13.2 Å². The Hall–Kier alpha value is -2.97. The average Bonchev–Trinajstić information content (AvgIpc) is 3.04. The third-order valence-corrected chi connectivity index (χ3v) is 5.62. The smallest absolute Gasteiger partial charge is 0.396 e. The van der Waals surface area contributed by atoms with Crippen molar-refractivity contribution < 1.29 is 27.8 Å². The van der Waals surface area contributed by atoms with Crippen LogP contribution >= 0.6 is 11.6 Å². The number of aromatic nitrogens is 1. The van der Waals surface area contributed by atoms with Crippen molar-refractivity contribution in [1.29, 1.82) is 0 Å². The molecule has 3 aromatic rings. The number of rotatable bonds is 7. The first-order chi connectivity index (χ1) is 15.9. The predicted octanol–water partition coefficient (Wildman–Crippen LogP) is 6.29. The van der Waals surface area contributed by atoms with Crippen LogP contribution in [0.15, 0.2) is 54.6 Å². The van der Waals surface area contributed by atoms with Crippen LogP contribution in [0.1, 0.15) is 30.7 Å². The molecule has 0 radical (unpaired) electrons. The number of aliphatic hydroxyl groups is 1. The lowest BCUT2D eigenvalue weighted by molar-refractivity contribution is -0.144. The van der Waals surface area contributed by atoms with Crippen LogP contribution in [-0.2, 0) is 12.7 Å². The first-order valence-corrected chi connectivity index (χ1v) is 11.0. The van der Waals surface area contributed by atoms with Crippen LogP contribution in [-0.4, -0.2) is 28.9 Å². The van der Waals surface area contributed by atoms with Gasteiger partial charge in [0.25, 0.3) is 0 Å². The van der Waals surface area contributed by atoms with Gasteiger partial charge in [-0.3, -0.25) is 0 Å². The van der Waals surface area contributed by atoms with Gasteiger partial charge in [0.2, 0.25) is 5.88 Å². The lowest BCUT2D eigenvalue weighted by atomic mass is 9.95. The second-order valence-corrected chi connectivity index (χ2v) is 9.23. The van der Waals surface area contributed by atoms with Crippen molar-refractivity contribution in [2.24, 2.45) is 5.41 Å². The van der Waals surface area contributed by atoms with E-state index in [0.29, 0.717) is 16.1 Å². The van der Waals surface area contributed by atoms with Gasteiger partial charge in [-0.25, -0.2) is 4.79 Å². The zero-order chi connectivity index (χ0) is 25.1. The number of hydrogen-bond donors (Lipinski definition) is 2. The quantitative estimate of drug-likeness (QED) is 0.405. The molecule has 0 bridgehead atoms. The molecular weight excluding hydrogens is 469 g/mol. The molecule has 1 amide bonds. The molecule has 3 rings (SSSR count). The summed E-state index contributed by atoms with van der Waals surface area (Å²) in [5, 5.41) is 12.4. The zero-order valence-electron chi connectivity index (χ0n) is 19.0. The molecule has 0 aliphatic carbocycles. The van der Waals surface area contributed by atoms with E-state index in [1.54, 1.807) is 68.4 Å². The Morgan fingerprint density at radius 1 is 1.09 bits per heavy atom. The number of benzene rings is 2. The summed E-state index contributed by atoms with van der Waals surface area (Å²) in [6.07, 6.45) is -5.62. The standard InChI is InChI=1S/C25H26ClF3N2O3/c1-16-20(18-9-11-19(26)12-10-18)22(34-23(33)30-14-24(2,3)15-32)31(21(16)25(27,28)29)13-17-7-5-4-6-8-17/h4-12,32H,13-15H2,1-3H3,(H,30,33). The summed E-state index contributed by atoms with van der Waals surface area (Å²) >= 11 is 5.98. The summed E-state index contributed by atoms with van der Waals surface area (Å²) in [6.45, 7) is 4.55. The topological polar surface area (TPSA) is 63.5 Å². The maximum Gasteiger partial charge on any atom is 0.431 e. The first-order valence-electron chi connectivity index (χ1n) is 10.6. The van der Waals surface area contributed by atoms with Gasteiger partial charge >= 0.3 is 12.3 Å². The van der Waals surface area contributed by atoms with E-state index in [-0.39, 0.29) is 36.7 Å². The lowest BCUT2D eigenvalue weighted by Gasteiger charge is -2.22. The van der Waals surface area contributed by atoms with Crippen LogP contribution in [0.4, 0.5) is 18.0 Å². The van der Waals surface area contributed by atoms with Crippen molar-refractivity contribution in [3.63, 3.8) is 0 Å². The van der Waals surface area contributed by atoms with Gasteiger partial charge in [0.05, 0.1) is 6.54 Å².